The third kappa shape index (κ3) is 6.94. The molecule has 0 heterocycles. The van der Waals surface area contributed by atoms with Gasteiger partial charge in [0, 0.05) is 22.8 Å². The summed E-state index contributed by atoms with van der Waals surface area (Å²) in [6.45, 7) is 0.227. The molecule has 0 aliphatic rings. The number of ether oxygens (including phenoxy) is 1. The van der Waals surface area contributed by atoms with Crippen LogP contribution >= 0.6 is 0 Å². The Morgan fingerprint density at radius 1 is 1.37 bits per heavy atom. The average Bonchev–Trinajstić information content (AvgIpc) is 2.36. The Morgan fingerprint density at radius 2 is 2.11 bits per heavy atom. The van der Waals surface area contributed by atoms with E-state index in [9.17, 15) is 12.6 Å². The van der Waals surface area contributed by atoms with Crippen molar-refractivity contribution in [3.63, 3.8) is 0 Å². The van der Waals surface area contributed by atoms with Crippen molar-refractivity contribution in [1.82, 2.24) is 0 Å². The topological polar surface area (TPSA) is 84.2 Å². The van der Waals surface area contributed by atoms with Gasteiger partial charge in [0.1, 0.15) is 15.6 Å². The normalized spacial score (nSPS) is 12.6. The first-order valence-electron chi connectivity index (χ1n) is 5.56. The minimum absolute atomic E-state index is 0.0798. The summed E-state index contributed by atoms with van der Waals surface area (Å²) >= 11 is 0. The van der Waals surface area contributed by atoms with Crippen LogP contribution in [0, 0.1) is 11.3 Å². The summed E-state index contributed by atoms with van der Waals surface area (Å²) < 4.78 is 38.7. The molecule has 19 heavy (non-hydrogen) atoms. The van der Waals surface area contributed by atoms with Gasteiger partial charge in [-0.3, -0.25) is 4.21 Å². The molecule has 0 bridgehead atoms. The predicted molar refractivity (Wildman–Crippen MR) is 74.2 cm³/mol. The fraction of sp³-hybridized carbons (Fsp3) is 0.417. The third-order valence-electron chi connectivity index (χ3n) is 2.22. The van der Waals surface area contributed by atoms with Crippen molar-refractivity contribution in [2.75, 3.05) is 30.1 Å². The largest absolute Gasteiger partial charge is 0.493 e. The monoisotopic (exact) mass is 301 g/mol. The van der Waals surface area contributed by atoms with Crippen LogP contribution < -0.4 is 4.74 Å². The molecule has 0 N–H and O–H groups in total. The Bertz CT molecular complexity index is 590. The number of nitrogens with zero attached hydrogens (tertiary/aromatic N) is 1. The zero-order chi connectivity index (χ0) is 14.3. The average molecular weight is 301 g/mol. The fourth-order valence-electron chi connectivity index (χ4n) is 1.25. The van der Waals surface area contributed by atoms with Crippen molar-refractivity contribution >= 4 is 20.6 Å². The summed E-state index contributed by atoms with van der Waals surface area (Å²) in [5.41, 5.74) is 0.496. The lowest BCUT2D eigenvalue weighted by atomic mass is 10.2. The van der Waals surface area contributed by atoms with E-state index >= 15 is 0 Å². The number of nitriles is 1. The van der Waals surface area contributed by atoms with E-state index in [1.807, 2.05) is 6.07 Å². The first-order chi connectivity index (χ1) is 8.90. The maximum atomic E-state index is 11.5. The molecule has 0 aromatic heterocycles. The predicted octanol–water partition coefficient (Wildman–Crippen LogP) is 0.730. The second-order valence-electron chi connectivity index (χ2n) is 3.97. The van der Waals surface area contributed by atoms with Crippen LogP contribution in [0.25, 0.3) is 0 Å². The molecule has 1 unspecified atom stereocenters. The van der Waals surface area contributed by atoms with Gasteiger partial charge in [0.15, 0.2) is 0 Å². The van der Waals surface area contributed by atoms with Crippen molar-refractivity contribution < 1.29 is 17.4 Å². The van der Waals surface area contributed by atoms with Gasteiger partial charge in [-0.05, 0) is 18.2 Å². The van der Waals surface area contributed by atoms with Crippen LogP contribution in [0.1, 0.15) is 5.56 Å². The quantitative estimate of drug-likeness (QED) is 0.741. The zero-order valence-corrected chi connectivity index (χ0v) is 12.2. The molecule has 1 aromatic carbocycles. The Labute approximate surface area is 115 Å². The molecular formula is C12H15NO4S2. The van der Waals surface area contributed by atoms with Gasteiger partial charge in [-0.2, -0.15) is 5.26 Å². The highest BCUT2D eigenvalue weighted by molar-refractivity contribution is 7.92. The van der Waals surface area contributed by atoms with Gasteiger partial charge in [-0.25, -0.2) is 8.42 Å². The van der Waals surface area contributed by atoms with Crippen molar-refractivity contribution in [1.29, 1.82) is 5.26 Å². The van der Waals surface area contributed by atoms with Gasteiger partial charge < -0.3 is 4.74 Å². The van der Waals surface area contributed by atoms with Crippen LogP contribution in [0.2, 0.25) is 0 Å². The number of hydrogen-bond donors (Lipinski definition) is 0. The zero-order valence-electron chi connectivity index (χ0n) is 10.5. The molecule has 0 aliphatic carbocycles. The molecule has 1 aromatic rings. The molecule has 0 amide bonds. The highest BCUT2D eigenvalue weighted by Gasteiger charge is 2.07. The van der Waals surface area contributed by atoms with Crippen LogP contribution in [0.4, 0.5) is 0 Å². The summed E-state index contributed by atoms with van der Waals surface area (Å²) in [6.07, 6.45) is 1.12. The molecule has 0 saturated heterocycles. The van der Waals surface area contributed by atoms with Gasteiger partial charge >= 0.3 is 0 Å². The molecule has 1 atom stereocenters. The molecule has 0 aliphatic heterocycles. The van der Waals surface area contributed by atoms with Crippen molar-refractivity contribution in [3.05, 3.63) is 29.8 Å². The van der Waals surface area contributed by atoms with Gasteiger partial charge in [-0.1, -0.05) is 6.07 Å². The van der Waals surface area contributed by atoms with Gasteiger partial charge in [0.25, 0.3) is 0 Å². The van der Waals surface area contributed by atoms with E-state index in [1.54, 1.807) is 24.3 Å². The molecule has 104 valence electrons. The highest BCUT2D eigenvalue weighted by atomic mass is 32.2. The molecule has 0 fully saturated rings. The summed E-state index contributed by atoms with van der Waals surface area (Å²) in [6, 6.07) is 8.67. The van der Waals surface area contributed by atoms with E-state index < -0.39 is 20.6 Å². The van der Waals surface area contributed by atoms with Crippen LogP contribution in [-0.4, -0.2) is 42.7 Å². The van der Waals surface area contributed by atoms with Crippen LogP contribution in [-0.2, 0) is 20.6 Å². The van der Waals surface area contributed by atoms with E-state index in [0.717, 1.165) is 6.26 Å². The molecule has 0 radical (unpaired) electrons. The molecule has 7 heteroatoms. The van der Waals surface area contributed by atoms with Crippen molar-refractivity contribution in [2.24, 2.45) is 0 Å². The standard InChI is InChI=1S/C12H15NO4S2/c1-19(15,16)8-7-18(14)6-5-17-12-4-2-3-11(9-12)10-13/h2-4,9H,5-8H2,1H3. The maximum absolute atomic E-state index is 11.5. The van der Waals surface area contributed by atoms with E-state index in [4.69, 9.17) is 10.00 Å². The first-order valence-corrected chi connectivity index (χ1v) is 9.11. The van der Waals surface area contributed by atoms with Gasteiger partial charge in [0.05, 0.1) is 29.7 Å². The Kier molecular flexibility index (Phi) is 5.99. The smallest absolute Gasteiger partial charge is 0.148 e. The van der Waals surface area contributed by atoms with E-state index in [-0.39, 0.29) is 23.9 Å². The Balaban J connectivity index is 2.34. The number of sulfone groups is 1. The SMILES string of the molecule is CS(=O)(=O)CCS(=O)CCOc1cccc(C#N)c1. The molecule has 5 nitrogen and oxygen atoms in total. The van der Waals surface area contributed by atoms with Crippen LogP contribution in [0.15, 0.2) is 24.3 Å². The van der Waals surface area contributed by atoms with Gasteiger partial charge in [-0.15, -0.1) is 0 Å². The van der Waals surface area contributed by atoms with Crippen molar-refractivity contribution in [3.8, 4) is 11.8 Å². The lowest BCUT2D eigenvalue weighted by Crippen LogP contribution is -2.16. The van der Waals surface area contributed by atoms with E-state index in [2.05, 4.69) is 0 Å². The summed E-state index contributed by atoms with van der Waals surface area (Å²) in [7, 11) is -4.29. The summed E-state index contributed by atoms with van der Waals surface area (Å²) in [5.74, 6) is 0.857. The van der Waals surface area contributed by atoms with E-state index in [0.29, 0.717) is 11.3 Å². The minimum atomic E-state index is -3.08. The molecule has 1 rings (SSSR count). The molecule has 0 spiro atoms. The summed E-state index contributed by atoms with van der Waals surface area (Å²) in [4.78, 5) is 0. The Hall–Kier alpha value is -1.39. The van der Waals surface area contributed by atoms with E-state index in [1.165, 1.54) is 0 Å². The fourth-order valence-corrected chi connectivity index (χ4v) is 3.68. The molecule has 0 saturated carbocycles. The van der Waals surface area contributed by atoms with Crippen LogP contribution in [0.5, 0.6) is 5.75 Å². The highest BCUT2D eigenvalue weighted by Crippen LogP contribution is 2.12. The molecular weight excluding hydrogens is 286 g/mol. The maximum Gasteiger partial charge on any atom is 0.148 e. The number of hydrogen-bond acceptors (Lipinski definition) is 5. The summed E-state index contributed by atoms with van der Waals surface area (Å²) in [5, 5.41) is 8.71. The lowest BCUT2D eigenvalue weighted by Gasteiger charge is -2.06. The van der Waals surface area contributed by atoms with Crippen molar-refractivity contribution in [2.45, 2.75) is 0 Å². The Morgan fingerprint density at radius 3 is 2.74 bits per heavy atom. The van der Waals surface area contributed by atoms with Gasteiger partial charge in [0.2, 0.25) is 0 Å². The number of benzene rings is 1. The minimum Gasteiger partial charge on any atom is -0.493 e. The third-order valence-corrected chi connectivity index (χ3v) is 4.71. The van der Waals surface area contributed by atoms with Crippen LogP contribution in [0.3, 0.4) is 0 Å². The lowest BCUT2D eigenvalue weighted by molar-refractivity contribution is 0.342. The second-order valence-corrected chi connectivity index (χ2v) is 7.92. The first kappa shape index (κ1) is 15.7. The number of rotatable bonds is 7. The second kappa shape index (κ2) is 7.26.